The van der Waals surface area contributed by atoms with Crippen molar-refractivity contribution in [2.24, 2.45) is 10.7 Å². The summed E-state index contributed by atoms with van der Waals surface area (Å²) < 4.78 is 5.22. The van der Waals surface area contributed by atoms with Crippen molar-refractivity contribution in [3.8, 4) is 11.1 Å². The van der Waals surface area contributed by atoms with Gasteiger partial charge >= 0.3 is 0 Å². The first kappa shape index (κ1) is 20.3. The molecule has 1 aromatic carbocycles. The maximum Gasteiger partial charge on any atom is 0.257 e. The molecule has 0 saturated carbocycles. The van der Waals surface area contributed by atoms with Crippen molar-refractivity contribution < 1.29 is 9.53 Å². The number of benzene rings is 1. The molecule has 3 rings (SSSR count). The molecular formula is C20H20Cl2N4O2. The molecule has 1 aliphatic heterocycles. The summed E-state index contributed by atoms with van der Waals surface area (Å²) in [5, 5.41) is 0.968. The highest BCUT2D eigenvalue weighted by Gasteiger charge is 2.35. The highest BCUT2D eigenvalue weighted by molar-refractivity contribution is 6.36. The Hall–Kier alpha value is -2.41. The number of carbonyl (C=O) groups excluding carboxylic acids is 1. The van der Waals surface area contributed by atoms with Gasteiger partial charge in [0.15, 0.2) is 0 Å². The van der Waals surface area contributed by atoms with Gasteiger partial charge in [0, 0.05) is 39.6 Å². The van der Waals surface area contributed by atoms with E-state index in [1.807, 2.05) is 6.92 Å². The highest BCUT2D eigenvalue weighted by Crippen LogP contribution is 2.39. The zero-order chi connectivity index (χ0) is 20.4. The van der Waals surface area contributed by atoms with Crippen molar-refractivity contribution in [1.29, 1.82) is 0 Å². The van der Waals surface area contributed by atoms with E-state index in [4.69, 9.17) is 33.7 Å². The monoisotopic (exact) mass is 418 g/mol. The molecule has 0 saturated heterocycles. The molecule has 0 radical (unpaired) electrons. The summed E-state index contributed by atoms with van der Waals surface area (Å²) in [6.45, 7) is 6.23. The highest BCUT2D eigenvalue weighted by atomic mass is 35.5. The average molecular weight is 419 g/mol. The maximum atomic E-state index is 13.2. The average Bonchev–Trinajstić information content (AvgIpc) is 2.95. The van der Waals surface area contributed by atoms with Gasteiger partial charge in [-0.25, -0.2) is 4.99 Å². The van der Waals surface area contributed by atoms with Crippen LogP contribution in [0.4, 0.5) is 0 Å². The van der Waals surface area contributed by atoms with E-state index in [0.717, 1.165) is 11.3 Å². The number of carbonyl (C=O) groups is 1. The molecule has 0 fully saturated rings. The van der Waals surface area contributed by atoms with E-state index in [1.165, 1.54) is 13.3 Å². The van der Waals surface area contributed by atoms with Gasteiger partial charge in [-0.05, 0) is 24.6 Å². The Bertz CT molecular complexity index is 989. The number of fused-ring (bicyclic) bond motifs is 1. The number of halogens is 2. The minimum atomic E-state index is -0.174. The molecule has 28 heavy (non-hydrogen) atoms. The van der Waals surface area contributed by atoms with Crippen LogP contribution in [0.25, 0.3) is 11.1 Å². The van der Waals surface area contributed by atoms with Gasteiger partial charge in [-0.2, -0.15) is 0 Å². The van der Waals surface area contributed by atoms with E-state index < -0.39 is 0 Å². The lowest BCUT2D eigenvalue weighted by molar-refractivity contribution is 0.0794. The largest absolute Gasteiger partial charge is 0.483 e. The second-order valence-electron chi connectivity index (χ2n) is 6.27. The Labute approximate surface area is 173 Å². The summed E-state index contributed by atoms with van der Waals surface area (Å²) in [6.07, 6.45) is 1.38. The third kappa shape index (κ3) is 3.63. The number of aliphatic imine (C=N–C) groups is 1. The van der Waals surface area contributed by atoms with Crippen LogP contribution < -0.4 is 5.73 Å². The normalized spacial score (nSPS) is 13.7. The van der Waals surface area contributed by atoms with E-state index in [-0.39, 0.29) is 19.0 Å². The Morgan fingerprint density at radius 3 is 2.79 bits per heavy atom. The molecule has 8 heteroatoms. The van der Waals surface area contributed by atoms with Gasteiger partial charge < -0.3 is 15.4 Å². The fraction of sp³-hybridized carbons (Fsp3) is 0.250. The molecule has 1 aromatic heterocycles. The number of rotatable bonds is 5. The zero-order valence-electron chi connectivity index (χ0n) is 15.6. The predicted molar refractivity (Wildman–Crippen MR) is 112 cm³/mol. The third-order valence-corrected chi connectivity index (χ3v) is 5.17. The number of pyridine rings is 1. The molecule has 0 spiro atoms. The standard InChI is InChI=1S/C20H20Cl2N4O2/c1-4-24-17(28-3)10-26-9-16-19(20(26)27)18(14(8-23)11(2)25-16)13-6-5-12(21)7-15(13)22/h4-7H,1,8-10,23H2,2-3H3. The molecule has 1 amide bonds. The summed E-state index contributed by atoms with van der Waals surface area (Å²) >= 11 is 12.5. The maximum absolute atomic E-state index is 13.2. The Balaban J connectivity index is 2.16. The fourth-order valence-corrected chi connectivity index (χ4v) is 3.85. The molecule has 1 aliphatic rings. The molecule has 146 valence electrons. The summed E-state index contributed by atoms with van der Waals surface area (Å²) in [4.78, 5) is 23.5. The van der Waals surface area contributed by atoms with Crippen molar-refractivity contribution in [1.82, 2.24) is 9.88 Å². The van der Waals surface area contributed by atoms with Gasteiger partial charge in [0.2, 0.25) is 5.90 Å². The van der Waals surface area contributed by atoms with Crippen molar-refractivity contribution in [2.75, 3.05) is 13.7 Å². The molecular weight excluding hydrogens is 399 g/mol. The predicted octanol–water partition coefficient (Wildman–Crippen LogP) is 3.97. The molecule has 0 atom stereocenters. The van der Waals surface area contributed by atoms with Gasteiger partial charge in [0.1, 0.15) is 0 Å². The Morgan fingerprint density at radius 1 is 1.43 bits per heavy atom. The summed E-state index contributed by atoms with van der Waals surface area (Å²) in [5.41, 5.74) is 10.1. The minimum absolute atomic E-state index is 0.174. The molecule has 6 nitrogen and oxygen atoms in total. The number of amides is 1. The summed E-state index contributed by atoms with van der Waals surface area (Å²) in [5.74, 6) is 0.213. The number of nitrogens with zero attached hydrogens (tertiary/aromatic N) is 3. The smallest absolute Gasteiger partial charge is 0.257 e. The van der Waals surface area contributed by atoms with Gasteiger partial charge in [0.25, 0.3) is 5.91 Å². The second kappa shape index (κ2) is 8.31. The van der Waals surface area contributed by atoms with Gasteiger partial charge in [0.05, 0.1) is 31.5 Å². The first-order valence-corrected chi connectivity index (χ1v) is 9.35. The lowest BCUT2D eigenvalue weighted by atomic mass is 9.93. The van der Waals surface area contributed by atoms with Crippen LogP contribution in [0.5, 0.6) is 0 Å². The number of aromatic nitrogens is 1. The van der Waals surface area contributed by atoms with E-state index in [1.54, 1.807) is 23.1 Å². The van der Waals surface area contributed by atoms with Gasteiger partial charge in [-0.3, -0.25) is 9.78 Å². The second-order valence-corrected chi connectivity index (χ2v) is 7.12. The lowest BCUT2D eigenvalue weighted by Gasteiger charge is -2.17. The Kier molecular flexibility index (Phi) is 6.03. The van der Waals surface area contributed by atoms with Crippen LogP contribution in [0.15, 0.2) is 36.0 Å². The fourth-order valence-electron chi connectivity index (χ4n) is 3.35. The number of hydrogen-bond acceptors (Lipinski definition) is 5. The van der Waals surface area contributed by atoms with E-state index in [2.05, 4.69) is 16.6 Å². The number of ether oxygens (including phenoxy) is 1. The summed E-state index contributed by atoms with van der Waals surface area (Å²) in [7, 11) is 1.50. The number of hydrogen-bond donors (Lipinski definition) is 1. The van der Waals surface area contributed by atoms with Gasteiger partial charge in [-0.1, -0.05) is 35.8 Å². The minimum Gasteiger partial charge on any atom is -0.483 e. The number of methoxy groups -OCH3 is 1. The first-order valence-electron chi connectivity index (χ1n) is 8.59. The van der Waals surface area contributed by atoms with Crippen LogP contribution in [-0.4, -0.2) is 35.3 Å². The topological polar surface area (TPSA) is 80.8 Å². The molecule has 0 bridgehead atoms. The van der Waals surface area contributed by atoms with Crippen LogP contribution in [0.2, 0.25) is 10.0 Å². The van der Waals surface area contributed by atoms with Crippen molar-refractivity contribution in [3.63, 3.8) is 0 Å². The first-order chi connectivity index (χ1) is 13.4. The molecule has 2 aromatic rings. The number of nitrogens with two attached hydrogens (primary N) is 1. The van der Waals surface area contributed by atoms with Crippen molar-refractivity contribution in [3.05, 3.63) is 63.5 Å². The van der Waals surface area contributed by atoms with Crippen molar-refractivity contribution in [2.45, 2.75) is 20.0 Å². The van der Waals surface area contributed by atoms with Crippen molar-refractivity contribution >= 4 is 35.0 Å². The van der Waals surface area contributed by atoms with Crippen LogP contribution in [0.1, 0.15) is 27.3 Å². The van der Waals surface area contributed by atoms with Gasteiger partial charge in [-0.15, -0.1) is 0 Å². The van der Waals surface area contributed by atoms with E-state index in [9.17, 15) is 4.79 Å². The summed E-state index contributed by atoms with van der Waals surface area (Å²) in [6, 6.07) is 5.19. The molecule has 0 aliphatic carbocycles. The SMILES string of the molecule is C=CN=C(CN1Cc2nc(C)c(CN)c(-c3ccc(Cl)cc3Cl)c2C1=O)OC. The third-order valence-electron chi connectivity index (χ3n) is 4.62. The van der Waals surface area contributed by atoms with Crippen LogP contribution in [-0.2, 0) is 17.8 Å². The number of aryl methyl sites for hydroxylation is 1. The zero-order valence-corrected chi connectivity index (χ0v) is 17.1. The van der Waals surface area contributed by atoms with E-state index in [0.29, 0.717) is 44.9 Å². The lowest BCUT2D eigenvalue weighted by Crippen LogP contribution is -2.31. The van der Waals surface area contributed by atoms with E-state index >= 15 is 0 Å². The Morgan fingerprint density at radius 2 is 2.18 bits per heavy atom. The van der Waals surface area contributed by atoms with Crippen LogP contribution in [0, 0.1) is 6.92 Å². The van der Waals surface area contributed by atoms with Crippen LogP contribution >= 0.6 is 23.2 Å². The van der Waals surface area contributed by atoms with Crippen LogP contribution in [0.3, 0.4) is 0 Å². The molecule has 2 N–H and O–H groups in total. The molecule has 0 unspecified atom stereocenters. The molecule has 2 heterocycles. The quantitative estimate of drug-likeness (QED) is 0.588.